The normalized spacial score (nSPS) is 17.9. The van der Waals surface area contributed by atoms with E-state index < -0.39 is 11.5 Å². The van der Waals surface area contributed by atoms with Crippen LogP contribution in [0.5, 0.6) is 0 Å². The molecule has 4 N–H and O–H groups in total. The highest BCUT2D eigenvalue weighted by atomic mass is 35.5. The molecule has 0 radical (unpaired) electrons. The van der Waals surface area contributed by atoms with Crippen molar-refractivity contribution in [2.75, 3.05) is 0 Å². The molecule has 224 valence electrons. The fourth-order valence-electron chi connectivity index (χ4n) is 6.04. The lowest BCUT2D eigenvalue weighted by molar-refractivity contribution is 0.299. The molecule has 1 aliphatic heterocycles. The van der Waals surface area contributed by atoms with Gasteiger partial charge in [0, 0.05) is 54.2 Å². The molecular formula is C33H37ClFN7O. The van der Waals surface area contributed by atoms with E-state index in [0.29, 0.717) is 28.3 Å². The van der Waals surface area contributed by atoms with Crippen molar-refractivity contribution in [1.29, 1.82) is 0 Å². The first-order chi connectivity index (χ1) is 20.8. The highest BCUT2D eigenvalue weighted by molar-refractivity contribution is 6.31. The lowest BCUT2D eigenvalue weighted by Gasteiger charge is -2.31. The Morgan fingerprint density at radius 1 is 1.19 bits per heavy atom. The molecular weight excluding hydrogens is 565 g/mol. The predicted molar refractivity (Wildman–Crippen MR) is 169 cm³/mol. The minimum absolute atomic E-state index is 0.0660. The van der Waals surface area contributed by atoms with Crippen LogP contribution in [0.1, 0.15) is 62.6 Å². The summed E-state index contributed by atoms with van der Waals surface area (Å²) in [5.74, 6) is -0.505. The average Bonchev–Trinajstić information content (AvgIpc) is 3.67. The van der Waals surface area contributed by atoms with Gasteiger partial charge in [-0.3, -0.25) is 9.25 Å². The lowest BCUT2D eigenvalue weighted by atomic mass is 9.92. The van der Waals surface area contributed by atoms with Gasteiger partial charge in [-0.1, -0.05) is 30.2 Å². The van der Waals surface area contributed by atoms with Crippen LogP contribution >= 0.6 is 11.6 Å². The van der Waals surface area contributed by atoms with Gasteiger partial charge in [-0.05, 0) is 93.0 Å². The summed E-state index contributed by atoms with van der Waals surface area (Å²) < 4.78 is 18.6. The zero-order valence-corrected chi connectivity index (χ0v) is 25.0. The van der Waals surface area contributed by atoms with Crippen LogP contribution in [0.15, 0.2) is 71.9 Å². The van der Waals surface area contributed by atoms with Crippen LogP contribution in [0.25, 0.3) is 28.0 Å². The van der Waals surface area contributed by atoms with Crippen LogP contribution in [-0.2, 0) is 13.0 Å². The maximum absolute atomic E-state index is 15.1. The molecule has 5 aromatic rings. The highest BCUT2D eigenvalue weighted by Gasteiger charge is 2.22. The zero-order valence-electron chi connectivity index (χ0n) is 24.3. The van der Waals surface area contributed by atoms with E-state index in [-0.39, 0.29) is 17.1 Å². The fourth-order valence-corrected chi connectivity index (χ4v) is 6.28. The van der Waals surface area contributed by atoms with E-state index >= 15 is 4.39 Å². The summed E-state index contributed by atoms with van der Waals surface area (Å²) in [4.78, 5) is 20.4. The molecule has 1 saturated heterocycles. The molecule has 2 aromatic carbocycles. The van der Waals surface area contributed by atoms with Gasteiger partial charge in [0.05, 0.1) is 16.4 Å². The summed E-state index contributed by atoms with van der Waals surface area (Å²) in [6.07, 6.45) is 12.5. The van der Waals surface area contributed by atoms with Crippen LogP contribution in [0.2, 0.25) is 5.02 Å². The Kier molecular flexibility index (Phi) is 8.74. The van der Waals surface area contributed by atoms with Crippen molar-refractivity contribution in [3.05, 3.63) is 99.6 Å². The van der Waals surface area contributed by atoms with Gasteiger partial charge in [0.15, 0.2) is 5.82 Å². The van der Waals surface area contributed by atoms with Crippen molar-refractivity contribution in [2.45, 2.75) is 76.5 Å². The molecule has 3 aromatic heterocycles. The summed E-state index contributed by atoms with van der Waals surface area (Å²) in [5.41, 5.74) is 9.61. The van der Waals surface area contributed by atoms with Gasteiger partial charge in [0.2, 0.25) is 0 Å². The number of aryl methyl sites for hydroxylation is 2. The quantitative estimate of drug-likeness (QED) is 0.174. The number of nitrogens with one attached hydrogen (secondary N) is 2. The Morgan fingerprint density at radius 3 is 2.79 bits per heavy atom. The van der Waals surface area contributed by atoms with Crippen molar-refractivity contribution in [2.24, 2.45) is 5.73 Å². The SMILES string of the molecule is C[C@H](N)CCCc1cc(Cl)c(F)c(-c2cc3cn(-c4ccc([C@@H]5CCC[C@@H](CCn6cccn6)N5)cc4)c(=O)nc3[nH]2)c1. The van der Waals surface area contributed by atoms with Crippen LogP contribution in [0.4, 0.5) is 4.39 Å². The third-order valence-corrected chi connectivity index (χ3v) is 8.61. The number of aromatic amines is 1. The largest absolute Gasteiger partial charge is 0.354 e. The number of rotatable bonds is 10. The number of aromatic nitrogens is 5. The summed E-state index contributed by atoms with van der Waals surface area (Å²) in [5, 5.41) is 8.88. The average molecular weight is 602 g/mol. The molecule has 0 aliphatic carbocycles. The van der Waals surface area contributed by atoms with E-state index in [2.05, 4.69) is 32.5 Å². The molecule has 0 amide bonds. The van der Waals surface area contributed by atoms with E-state index in [1.807, 2.05) is 48.3 Å². The van der Waals surface area contributed by atoms with Crippen LogP contribution in [0, 0.1) is 5.82 Å². The number of H-pyrrole nitrogens is 1. The molecule has 1 aliphatic rings. The third kappa shape index (κ3) is 6.74. The summed E-state index contributed by atoms with van der Waals surface area (Å²) in [7, 11) is 0. The molecule has 0 bridgehead atoms. The van der Waals surface area contributed by atoms with Crippen molar-refractivity contribution in [3.8, 4) is 16.9 Å². The number of piperidine rings is 1. The van der Waals surface area contributed by atoms with E-state index in [1.54, 1.807) is 18.3 Å². The van der Waals surface area contributed by atoms with Gasteiger partial charge in [0.25, 0.3) is 0 Å². The maximum Gasteiger partial charge on any atom is 0.354 e. The Bertz CT molecular complexity index is 1740. The molecule has 3 atom stereocenters. The van der Waals surface area contributed by atoms with Gasteiger partial charge >= 0.3 is 5.69 Å². The lowest BCUT2D eigenvalue weighted by Crippen LogP contribution is -2.37. The number of nitrogens with two attached hydrogens (primary N) is 1. The smallest absolute Gasteiger partial charge is 0.339 e. The van der Waals surface area contributed by atoms with Gasteiger partial charge in [-0.15, -0.1) is 0 Å². The van der Waals surface area contributed by atoms with Gasteiger partial charge in [-0.2, -0.15) is 10.1 Å². The molecule has 6 rings (SSSR count). The van der Waals surface area contributed by atoms with Crippen LogP contribution < -0.4 is 16.7 Å². The van der Waals surface area contributed by atoms with Crippen LogP contribution in [0.3, 0.4) is 0 Å². The fraction of sp³-hybridized carbons (Fsp3) is 0.364. The van der Waals surface area contributed by atoms with Crippen molar-refractivity contribution in [1.82, 2.24) is 29.6 Å². The van der Waals surface area contributed by atoms with E-state index in [0.717, 1.165) is 56.3 Å². The van der Waals surface area contributed by atoms with E-state index in [4.69, 9.17) is 17.3 Å². The van der Waals surface area contributed by atoms with Crippen molar-refractivity contribution in [3.63, 3.8) is 0 Å². The Balaban J connectivity index is 1.20. The Morgan fingerprint density at radius 2 is 2.02 bits per heavy atom. The maximum atomic E-state index is 15.1. The number of hydrogen-bond donors (Lipinski definition) is 3. The van der Waals surface area contributed by atoms with Crippen LogP contribution in [-0.4, -0.2) is 36.4 Å². The Labute approximate surface area is 255 Å². The zero-order chi connectivity index (χ0) is 29.9. The van der Waals surface area contributed by atoms with Gasteiger partial charge in [0.1, 0.15) is 5.65 Å². The van der Waals surface area contributed by atoms with E-state index in [1.165, 1.54) is 16.6 Å². The number of fused-ring (bicyclic) bond motifs is 1. The third-order valence-electron chi connectivity index (χ3n) is 8.33. The molecule has 0 spiro atoms. The molecule has 8 nitrogen and oxygen atoms in total. The Hall–Kier alpha value is -3.79. The first-order valence-electron chi connectivity index (χ1n) is 15.0. The van der Waals surface area contributed by atoms with Crippen molar-refractivity contribution >= 4 is 22.6 Å². The molecule has 0 saturated carbocycles. The monoisotopic (exact) mass is 601 g/mol. The molecule has 10 heteroatoms. The highest BCUT2D eigenvalue weighted by Crippen LogP contribution is 2.32. The standard InChI is InChI=1S/C33H37ClFN7O/c1-21(36)5-2-6-22-17-27(31(35)28(34)18-22)30-19-24-20-42(33(43)40-32(24)39-30)26-11-9-23(10-12-26)29-8-3-7-25(38-29)13-16-41-15-4-14-37-41/h4,9-12,14-15,17-21,25,29,38H,2-3,5-8,13,16,36H2,1H3,(H,39,40,43)/t21-,25-,29-/m0/s1. The number of nitrogens with zero attached hydrogens (tertiary/aromatic N) is 4. The molecule has 1 fully saturated rings. The second-order valence-corrected chi connectivity index (χ2v) is 12.1. The second-order valence-electron chi connectivity index (χ2n) is 11.7. The molecule has 43 heavy (non-hydrogen) atoms. The molecule has 0 unspecified atom stereocenters. The summed E-state index contributed by atoms with van der Waals surface area (Å²) in [6, 6.07) is 16.1. The number of halogens is 2. The van der Waals surface area contributed by atoms with Crippen molar-refractivity contribution < 1.29 is 4.39 Å². The topological polar surface area (TPSA) is 107 Å². The minimum atomic E-state index is -0.505. The van der Waals surface area contributed by atoms with E-state index in [9.17, 15) is 4.79 Å². The second kappa shape index (κ2) is 12.8. The number of hydrogen-bond acceptors (Lipinski definition) is 5. The summed E-state index contributed by atoms with van der Waals surface area (Å²) in [6.45, 7) is 2.87. The van der Waals surface area contributed by atoms with Gasteiger partial charge < -0.3 is 16.0 Å². The first kappa shape index (κ1) is 29.3. The van der Waals surface area contributed by atoms with Gasteiger partial charge in [-0.25, -0.2) is 9.18 Å². The molecule has 4 heterocycles. The first-order valence-corrected chi connectivity index (χ1v) is 15.4. The predicted octanol–water partition coefficient (Wildman–Crippen LogP) is 6.31. The summed E-state index contributed by atoms with van der Waals surface area (Å²) >= 11 is 6.26. The number of benzene rings is 2. The minimum Gasteiger partial charge on any atom is -0.339 e.